The number of benzene rings is 2. The van der Waals surface area contributed by atoms with Gasteiger partial charge >= 0.3 is 12.1 Å². The van der Waals surface area contributed by atoms with E-state index in [0.717, 1.165) is 12.1 Å². The minimum Gasteiger partial charge on any atom is -0.493 e. The molecule has 0 spiro atoms. The molecule has 29 heavy (non-hydrogen) atoms. The van der Waals surface area contributed by atoms with Gasteiger partial charge in [0.2, 0.25) is 0 Å². The summed E-state index contributed by atoms with van der Waals surface area (Å²) in [6.45, 7) is 1.54. The Morgan fingerprint density at radius 1 is 1.17 bits per heavy atom. The van der Waals surface area contributed by atoms with Gasteiger partial charge in [-0.2, -0.15) is 23.5 Å². The SMILES string of the molecule is COc1cc(C#N)ccc1OC(=O)c1cnn(-c2cccc(C(F)(F)F)c2)c1C. The second-order valence-electron chi connectivity index (χ2n) is 5.97. The van der Waals surface area contributed by atoms with Gasteiger partial charge < -0.3 is 9.47 Å². The zero-order valence-corrected chi connectivity index (χ0v) is 15.3. The summed E-state index contributed by atoms with van der Waals surface area (Å²) in [5.41, 5.74) is 0.0506. The molecule has 2 aromatic carbocycles. The Morgan fingerprint density at radius 3 is 2.59 bits per heavy atom. The minimum atomic E-state index is -4.50. The Labute approximate surface area is 163 Å². The van der Waals surface area contributed by atoms with E-state index < -0.39 is 17.7 Å². The second kappa shape index (κ2) is 7.67. The van der Waals surface area contributed by atoms with Crippen LogP contribution in [0.15, 0.2) is 48.7 Å². The summed E-state index contributed by atoms with van der Waals surface area (Å²) in [6, 6.07) is 10.9. The molecule has 1 heterocycles. The van der Waals surface area contributed by atoms with Crippen LogP contribution in [-0.4, -0.2) is 22.9 Å². The standard InChI is InChI=1S/C20H14F3N3O3/c1-12-16(19(27)29-17-7-6-13(10-24)8-18(17)28-2)11-25-26(12)15-5-3-4-14(9-15)20(21,22)23/h3-9,11H,1-2H3. The van der Waals surface area contributed by atoms with Crippen molar-refractivity contribution in [3.8, 4) is 23.3 Å². The van der Waals surface area contributed by atoms with E-state index >= 15 is 0 Å². The van der Waals surface area contributed by atoms with E-state index in [2.05, 4.69) is 5.10 Å². The highest BCUT2D eigenvalue weighted by molar-refractivity contribution is 5.92. The van der Waals surface area contributed by atoms with Crippen LogP contribution in [0.3, 0.4) is 0 Å². The van der Waals surface area contributed by atoms with Gasteiger partial charge in [0.05, 0.1) is 41.9 Å². The number of aromatic nitrogens is 2. The number of alkyl halides is 3. The molecular formula is C20H14F3N3O3. The number of rotatable bonds is 4. The van der Waals surface area contributed by atoms with Crippen molar-refractivity contribution in [2.24, 2.45) is 0 Å². The lowest BCUT2D eigenvalue weighted by Crippen LogP contribution is -2.11. The molecule has 3 rings (SSSR count). The van der Waals surface area contributed by atoms with Crippen molar-refractivity contribution in [3.63, 3.8) is 0 Å². The molecule has 0 unspecified atom stereocenters. The van der Waals surface area contributed by atoms with Gasteiger partial charge in [-0.3, -0.25) is 0 Å². The molecule has 0 bridgehead atoms. The number of carbonyl (C=O) groups is 1. The average Bonchev–Trinajstić information content (AvgIpc) is 3.09. The monoisotopic (exact) mass is 401 g/mol. The van der Waals surface area contributed by atoms with Crippen molar-refractivity contribution >= 4 is 5.97 Å². The number of hydrogen-bond acceptors (Lipinski definition) is 5. The molecule has 9 heteroatoms. The summed E-state index contributed by atoms with van der Waals surface area (Å²) in [5.74, 6) is -0.466. The van der Waals surface area contributed by atoms with Gasteiger partial charge in [0.1, 0.15) is 5.56 Å². The van der Waals surface area contributed by atoms with E-state index in [1.54, 1.807) is 6.92 Å². The first-order chi connectivity index (χ1) is 13.7. The van der Waals surface area contributed by atoms with Crippen LogP contribution in [0.5, 0.6) is 11.5 Å². The lowest BCUT2D eigenvalue weighted by molar-refractivity contribution is -0.137. The van der Waals surface area contributed by atoms with E-state index in [-0.39, 0.29) is 22.7 Å². The molecule has 0 aliphatic rings. The van der Waals surface area contributed by atoms with E-state index in [4.69, 9.17) is 14.7 Å². The summed E-state index contributed by atoms with van der Waals surface area (Å²) in [7, 11) is 1.37. The molecule has 0 atom stereocenters. The molecule has 0 N–H and O–H groups in total. The minimum absolute atomic E-state index is 0.0776. The Balaban J connectivity index is 1.90. The predicted octanol–water partition coefficient (Wildman–Crippen LogP) is 4.30. The number of ether oxygens (including phenoxy) is 2. The summed E-state index contributed by atoms with van der Waals surface area (Å²) >= 11 is 0. The maximum Gasteiger partial charge on any atom is 0.416 e. The maximum atomic E-state index is 12.9. The highest BCUT2D eigenvalue weighted by Crippen LogP contribution is 2.31. The molecule has 0 fully saturated rings. The fraction of sp³-hybridized carbons (Fsp3) is 0.150. The quantitative estimate of drug-likeness (QED) is 0.481. The third kappa shape index (κ3) is 4.06. The highest BCUT2D eigenvalue weighted by Gasteiger charge is 2.31. The second-order valence-corrected chi connectivity index (χ2v) is 5.97. The Kier molecular flexibility index (Phi) is 5.28. The number of methoxy groups -OCH3 is 1. The lowest BCUT2D eigenvalue weighted by Gasteiger charge is -2.11. The number of hydrogen-bond donors (Lipinski definition) is 0. The van der Waals surface area contributed by atoms with E-state index in [0.29, 0.717) is 11.3 Å². The van der Waals surface area contributed by atoms with Crippen LogP contribution >= 0.6 is 0 Å². The fourth-order valence-electron chi connectivity index (χ4n) is 2.66. The number of esters is 1. The third-order valence-electron chi connectivity index (χ3n) is 4.14. The molecule has 0 amide bonds. The van der Waals surface area contributed by atoms with Crippen LogP contribution in [0, 0.1) is 18.3 Å². The molecular weight excluding hydrogens is 387 g/mol. The predicted molar refractivity (Wildman–Crippen MR) is 96.0 cm³/mol. The van der Waals surface area contributed by atoms with Gasteiger partial charge in [-0.15, -0.1) is 0 Å². The molecule has 0 radical (unpaired) electrons. The van der Waals surface area contributed by atoms with Gasteiger partial charge in [-0.05, 0) is 37.3 Å². The summed E-state index contributed by atoms with van der Waals surface area (Å²) < 4.78 is 50.5. The van der Waals surface area contributed by atoms with E-state index in [9.17, 15) is 18.0 Å². The van der Waals surface area contributed by atoms with Gasteiger partial charge in [0.25, 0.3) is 0 Å². The van der Waals surface area contributed by atoms with Crippen LogP contribution in [-0.2, 0) is 6.18 Å². The van der Waals surface area contributed by atoms with E-state index in [1.165, 1.54) is 48.3 Å². The maximum absolute atomic E-state index is 12.9. The van der Waals surface area contributed by atoms with Crippen LogP contribution in [0.4, 0.5) is 13.2 Å². The molecule has 6 nitrogen and oxygen atoms in total. The largest absolute Gasteiger partial charge is 0.493 e. The first-order valence-electron chi connectivity index (χ1n) is 8.27. The molecule has 0 saturated heterocycles. The summed E-state index contributed by atoms with van der Waals surface area (Å²) in [5, 5.41) is 12.9. The van der Waals surface area contributed by atoms with Crippen molar-refractivity contribution < 1.29 is 27.4 Å². The van der Waals surface area contributed by atoms with Crippen molar-refractivity contribution in [1.82, 2.24) is 9.78 Å². The van der Waals surface area contributed by atoms with Crippen LogP contribution < -0.4 is 9.47 Å². The fourth-order valence-corrected chi connectivity index (χ4v) is 2.66. The molecule has 3 aromatic rings. The Hall–Kier alpha value is -3.80. The van der Waals surface area contributed by atoms with Crippen molar-refractivity contribution in [2.45, 2.75) is 13.1 Å². The summed E-state index contributed by atoms with van der Waals surface area (Å²) in [6.07, 6.45) is -3.28. The lowest BCUT2D eigenvalue weighted by atomic mass is 10.2. The highest BCUT2D eigenvalue weighted by atomic mass is 19.4. The molecule has 0 aliphatic heterocycles. The zero-order chi connectivity index (χ0) is 21.2. The zero-order valence-electron chi connectivity index (χ0n) is 15.3. The van der Waals surface area contributed by atoms with Gasteiger partial charge in [-0.1, -0.05) is 6.07 Å². The third-order valence-corrected chi connectivity index (χ3v) is 4.14. The molecule has 0 aliphatic carbocycles. The van der Waals surface area contributed by atoms with Gasteiger partial charge in [-0.25, -0.2) is 9.48 Å². The van der Waals surface area contributed by atoms with Crippen LogP contribution in [0.2, 0.25) is 0 Å². The normalized spacial score (nSPS) is 11.0. The number of nitriles is 1. The topological polar surface area (TPSA) is 77.1 Å². The average molecular weight is 401 g/mol. The first kappa shape index (κ1) is 19.9. The first-order valence-corrected chi connectivity index (χ1v) is 8.27. The van der Waals surface area contributed by atoms with Crippen LogP contribution in [0.1, 0.15) is 27.2 Å². The summed E-state index contributed by atoms with van der Waals surface area (Å²) in [4.78, 5) is 12.6. The van der Waals surface area contributed by atoms with Gasteiger partial charge in [0, 0.05) is 6.07 Å². The Bertz CT molecular complexity index is 1110. The number of halogens is 3. The molecule has 148 valence electrons. The van der Waals surface area contributed by atoms with E-state index in [1.807, 2.05) is 6.07 Å². The smallest absolute Gasteiger partial charge is 0.416 e. The number of nitrogens with zero attached hydrogens (tertiary/aromatic N) is 3. The molecule has 1 aromatic heterocycles. The Morgan fingerprint density at radius 2 is 1.93 bits per heavy atom. The molecule has 0 saturated carbocycles. The van der Waals surface area contributed by atoms with Crippen molar-refractivity contribution in [3.05, 3.63) is 71.0 Å². The number of carbonyl (C=O) groups excluding carboxylic acids is 1. The van der Waals surface area contributed by atoms with Crippen molar-refractivity contribution in [1.29, 1.82) is 5.26 Å². The van der Waals surface area contributed by atoms with Gasteiger partial charge in [0.15, 0.2) is 11.5 Å². The van der Waals surface area contributed by atoms with Crippen molar-refractivity contribution in [2.75, 3.05) is 7.11 Å². The van der Waals surface area contributed by atoms with Crippen LogP contribution in [0.25, 0.3) is 5.69 Å².